The Bertz CT molecular complexity index is 1220. The van der Waals surface area contributed by atoms with Crippen molar-refractivity contribution in [3.05, 3.63) is 89.5 Å². The van der Waals surface area contributed by atoms with E-state index in [9.17, 15) is 19.2 Å². The normalized spacial score (nSPS) is 12.3. The molecule has 1 aliphatic heterocycles. The fourth-order valence-electron chi connectivity index (χ4n) is 3.16. The van der Waals surface area contributed by atoms with E-state index in [0.29, 0.717) is 17.2 Å². The Morgan fingerprint density at radius 3 is 2.34 bits per heavy atom. The molecule has 0 radical (unpaired) electrons. The summed E-state index contributed by atoms with van der Waals surface area (Å²) >= 11 is 0. The number of amides is 3. The van der Waals surface area contributed by atoms with Crippen molar-refractivity contribution in [3.8, 4) is 11.5 Å². The Morgan fingerprint density at radius 1 is 0.844 bits per heavy atom. The first-order chi connectivity index (χ1) is 15.4. The van der Waals surface area contributed by atoms with Gasteiger partial charge in [-0.25, -0.2) is 4.79 Å². The molecule has 0 spiro atoms. The molecule has 0 atom stereocenters. The molecule has 160 valence electrons. The van der Waals surface area contributed by atoms with Gasteiger partial charge >= 0.3 is 5.97 Å². The third-order valence-corrected chi connectivity index (χ3v) is 4.76. The standard InChI is InChI=1S/C24H18N2O6/c1-26-22(28)19-11-10-15(12-20(19)23(26)29)24(30)31-14-21(27)25-16-6-5-9-18(13-16)32-17-7-3-2-4-8-17/h2-13H,14H2,1H3,(H,25,27). The molecule has 0 saturated carbocycles. The number of hydrogen-bond donors (Lipinski definition) is 1. The third kappa shape index (κ3) is 4.34. The predicted octanol–water partition coefficient (Wildman–Crippen LogP) is 3.50. The maximum Gasteiger partial charge on any atom is 0.338 e. The molecular formula is C24H18N2O6. The van der Waals surface area contributed by atoms with Crippen LogP contribution in [0.5, 0.6) is 11.5 Å². The van der Waals surface area contributed by atoms with Crippen LogP contribution >= 0.6 is 0 Å². The van der Waals surface area contributed by atoms with Crippen molar-refractivity contribution < 1.29 is 28.7 Å². The molecule has 0 saturated heterocycles. The first-order valence-corrected chi connectivity index (χ1v) is 9.69. The molecule has 1 heterocycles. The van der Waals surface area contributed by atoms with E-state index in [2.05, 4.69) is 5.32 Å². The van der Waals surface area contributed by atoms with Crippen LogP contribution in [0.25, 0.3) is 0 Å². The Labute approximate surface area is 183 Å². The van der Waals surface area contributed by atoms with Gasteiger partial charge in [0.2, 0.25) is 0 Å². The van der Waals surface area contributed by atoms with E-state index in [4.69, 9.17) is 9.47 Å². The minimum absolute atomic E-state index is 0.0752. The maximum atomic E-state index is 12.3. The zero-order chi connectivity index (χ0) is 22.7. The summed E-state index contributed by atoms with van der Waals surface area (Å²) in [6, 6.07) is 20.1. The summed E-state index contributed by atoms with van der Waals surface area (Å²) in [4.78, 5) is 49.5. The van der Waals surface area contributed by atoms with Crippen LogP contribution in [0, 0.1) is 0 Å². The van der Waals surface area contributed by atoms with Crippen LogP contribution < -0.4 is 10.1 Å². The van der Waals surface area contributed by atoms with E-state index in [1.807, 2.05) is 30.3 Å². The van der Waals surface area contributed by atoms with Gasteiger partial charge in [0.05, 0.1) is 16.7 Å². The highest BCUT2D eigenvalue weighted by Gasteiger charge is 2.33. The molecule has 4 rings (SSSR count). The molecule has 32 heavy (non-hydrogen) atoms. The fraction of sp³-hybridized carbons (Fsp3) is 0.0833. The smallest absolute Gasteiger partial charge is 0.338 e. The van der Waals surface area contributed by atoms with Crippen molar-refractivity contribution in [2.45, 2.75) is 0 Å². The van der Waals surface area contributed by atoms with E-state index < -0.39 is 30.3 Å². The van der Waals surface area contributed by atoms with Crippen molar-refractivity contribution in [3.63, 3.8) is 0 Å². The van der Waals surface area contributed by atoms with Crippen LogP contribution in [0.15, 0.2) is 72.8 Å². The van der Waals surface area contributed by atoms with Crippen LogP contribution in [0.3, 0.4) is 0 Å². The Kier molecular flexibility index (Phi) is 5.67. The second kappa shape index (κ2) is 8.73. The molecule has 8 nitrogen and oxygen atoms in total. The van der Waals surface area contributed by atoms with Crippen LogP contribution in [0.2, 0.25) is 0 Å². The van der Waals surface area contributed by atoms with Gasteiger partial charge in [0.15, 0.2) is 6.61 Å². The van der Waals surface area contributed by atoms with Crippen molar-refractivity contribution in [2.24, 2.45) is 0 Å². The Balaban J connectivity index is 1.35. The first-order valence-electron chi connectivity index (χ1n) is 9.69. The number of ether oxygens (including phenoxy) is 2. The van der Waals surface area contributed by atoms with E-state index in [1.54, 1.807) is 24.3 Å². The van der Waals surface area contributed by atoms with Crippen LogP contribution in [-0.2, 0) is 9.53 Å². The third-order valence-electron chi connectivity index (χ3n) is 4.76. The fourth-order valence-corrected chi connectivity index (χ4v) is 3.16. The molecule has 1 N–H and O–H groups in total. The second-order valence-electron chi connectivity index (χ2n) is 7.00. The van der Waals surface area contributed by atoms with Gasteiger partial charge in [-0.15, -0.1) is 0 Å². The topological polar surface area (TPSA) is 102 Å². The predicted molar refractivity (Wildman–Crippen MR) is 115 cm³/mol. The summed E-state index contributed by atoms with van der Waals surface area (Å²) < 4.78 is 10.8. The molecule has 1 aliphatic rings. The van der Waals surface area contributed by atoms with Gasteiger partial charge in [0.1, 0.15) is 11.5 Å². The number of hydrogen-bond acceptors (Lipinski definition) is 6. The number of esters is 1. The number of imide groups is 1. The van der Waals surface area contributed by atoms with Gasteiger partial charge < -0.3 is 14.8 Å². The number of anilines is 1. The average Bonchev–Trinajstić information content (AvgIpc) is 3.02. The molecule has 0 aromatic heterocycles. The number of nitrogens with one attached hydrogen (secondary N) is 1. The van der Waals surface area contributed by atoms with Gasteiger partial charge in [-0.3, -0.25) is 19.3 Å². The number of para-hydroxylation sites is 1. The minimum Gasteiger partial charge on any atom is -0.457 e. The van der Waals surface area contributed by atoms with Gasteiger partial charge in [-0.05, 0) is 42.5 Å². The molecule has 0 bridgehead atoms. The molecule has 0 unspecified atom stereocenters. The number of carbonyl (C=O) groups is 4. The summed E-state index contributed by atoms with van der Waals surface area (Å²) in [5, 5.41) is 2.63. The molecule has 0 aliphatic carbocycles. The lowest BCUT2D eigenvalue weighted by atomic mass is 10.1. The summed E-state index contributed by atoms with van der Waals surface area (Å²) in [5.74, 6) is -1.04. The number of carbonyl (C=O) groups excluding carboxylic acids is 4. The molecule has 0 fully saturated rings. The zero-order valence-electron chi connectivity index (χ0n) is 17.0. The molecule has 8 heteroatoms. The second-order valence-corrected chi connectivity index (χ2v) is 7.00. The summed E-state index contributed by atoms with van der Waals surface area (Å²) in [5.41, 5.74) is 0.909. The summed E-state index contributed by atoms with van der Waals surface area (Å²) in [6.45, 7) is -0.521. The highest BCUT2D eigenvalue weighted by molar-refractivity contribution is 6.21. The highest BCUT2D eigenvalue weighted by atomic mass is 16.5. The van der Waals surface area contributed by atoms with Crippen molar-refractivity contribution in [2.75, 3.05) is 19.0 Å². The first kappa shape index (κ1) is 20.8. The molecule has 3 aromatic rings. The highest BCUT2D eigenvalue weighted by Crippen LogP contribution is 2.24. The van der Waals surface area contributed by atoms with Crippen LogP contribution in [-0.4, -0.2) is 42.2 Å². The van der Waals surface area contributed by atoms with Gasteiger partial charge in [-0.2, -0.15) is 0 Å². The van der Waals surface area contributed by atoms with Crippen molar-refractivity contribution >= 4 is 29.4 Å². The minimum atomic E-state index is -0.779. The van der Waals surface area contributed by atoms with E-state index in [0.717, 1.165) is 4.90 Å². The maximum absolute atomic E-state index is 12.3. The van der Waals surface area contributed by atoms with E-state index in [1.165, 1.54) is 25.2 Å². The summed E-state index contributed by atoms with van der Waals surface area (Å²) in [7, 11) is 1.37. The van der Waals surface area contributed by atoms with Crippen LogP contribution in [0.4, 0.5) is 5.69 Å². The largest absolute Gasteiger partial charge is 0.457 e. The van der Waals surface area contributed by atoms with E-state index in [-0.39, 0.29) is 16.7 Å². The summed E-state index contributed by atoms with van der Waals surface area (Å²) in [6.07, 6.45) is 0. The number of rotatable bonds is 6. The molecule has 3 aromatic carbocycles. The quantitative estimate of drug-likeness (QED) is 0.474. The van der Waals surface area contributed by atoms with Gasteiger partial charge in [0.25, 0.3) is 17.7 Å². The van der Waals surface area contributed by atoms with Crippen molar-refractivity contribution in [1.29, 1.82) is 0 Å². The SMILES string of the molecule is CN1C(=O)c2ccc(C(=O)OCC(=O)Nc3cccc(Oc4ccccc4)c3)cc2C1=O. The molecular weight excluding hydrogens is 412 g/mol. The average molecular weight is 430 g/mol. The lowest BCUT2D eigenvalue weighted by molar-refractivity contribution is -0.119. The monoisotopic (exact) mass is 430 g/mol. The Morgan fingerprint density at radius 2 is 1.56 bits per heavy atom. The van der Waals surface area contributed by atoms with Gasteiger partial charge in [0, 0.05) is 18.8 Å². The zero-order valence-corrected chi connectivity index (χ0v) is 17.0. The molecule has 3 amide bonds. The number of fused-ring (bicyclic) bond motifs is 1. The Hall–Kier alpha value is -4.46. The lowest BCUT2D eigenvalue weighted by Gasteiger charge is -2.09. The van der Waals surface area contributed by atoms with Crippen molar-refractivity contribution in [1.82, 2.24) is 4.90 Å². The van der Waals surface area contributed by atoms with E-state index >= 15 is 0 Å². The van der Waals surface area contributed by atoms with Crippen LogP contribution in [0.1, 0.15) is 31.1 Å². The number of nitrogens with zero attached hydrogens (tertiary/aromatic N) is 1. The lowest BCUT2D eigenvalue weighted by Crippen LogP contribution is -2.24. The number of benzene rings is 3. The van der Waals surface area contributed by atoms with Gasteiger partial charge in [-0.1, -0.05) is 24.3 Å².